The van der Waals surface area contributed by atoms with Gasteiger partial charge in [0.1, 0.15) is 0 Å². The van der Waals surface area contributed by atoms with Crippen LogP contribution in [0.25, 0.3) is 0 Å². The number of aliphatic hydroxyl groups is 1. The van der Waals surface area contributed by atoms with Crippen LogP contribution in [0.3, 0.4) is 0 Å². The second-order valence-corrected chi connectivity index (χ2v) is 3.54. The molecular formula is C9H12F3NOS. The number of hydrogen-bond acceptors (Lipinski definition) is 3. The molecule has 0 saturated carbocycles. The summed E-state index contributed by atoms with van der Waals surface area (Å²) in [6, 6.07) is 0. The fraction of sp³-hybridized carbons (Fsp3) is 0.333. The van der Waals surface area contributed by atoms with Crippen molar-refractivity contribution in [3.05, 3.63) is 35.6 Å². The van der Waals surface area contributed by atoms with E-state index < -0.39 is 5.51 Å². The van der Waals surface area contributed by atoms with Gasteiger partial charge in [-0.05, 0) is 36.5 Å². The van der Waals surface area contributed by atoms with Gasteiger partial charge in [-0.1, -0.05) is 6.08 Å². The van der Waals surface area contributed by atoms with E-state index in [-0.39, 0.29) is 23.1 Å². The van der Waals surface area contributed by atoms with Crippen molar-refractivity contribution in [3.8, 4) is 0 Å². The highest BCUT2D eigenvalue weighted by atomic mass is 32.2. The molecule has 0 aromatic rings. The normalized spacial score (nSPS) is 14.0. The van der Waals surface area contributed by atoms with E-state index >= 15 is 0 Å². The summed E-state index contributed by atoms with van der Waals surface area (Å²) in [6.07, 6.45) is 6.51. The van der Waals surface area contributed by atoms with E-state index in [1.807, 2.05) is 0 Å². The average Bonchev–Trinajstić information content (AvgIpc) is 2.12. The van der Waals surface area contributed by atoms with Crippen LogP contribution in [-0.4, -0.2) is 17.7 Å². The molecule has 6 heteroatoms. The predicted octanol–water partition coefficient (Wildman–Crippen LogP) is 3.32. The highest BCUT2D eigenvalue weighted by Gasteiger charge is 2.29. The molecule has 0 unspecified atom stereocenters. The standard InChI is InChI=1S/C9H12F3NOS/c1-13-6-5-8(4-2-3-7-14)15-9(10,11)12/h3-7,13-14H,2H2,1H3/b6-5+,7-3+,8-4+. The van der Waals surface area contributed by atoms with E-state index in [1.165, 1.54) is 24.4 Å². The second kappa shape index (κ2) is 7.28. The van der Waals surface area contributed by atoms with Gasteiger partial charge >= 0.3 is 5.51 Å². The second-order valence-electron chi connectivity index (χ2n) is 2.40. The van der Waals surface area contributed by atoms with Crippen LogP contribution in [0.15, 0.2) is 35.6 Å². The fourth-order valence-electron chi connectivity index (χ4n) is 0.688. The van der Waals surface area contributed by atoms with Crippen molar-refractivity contribution in [2.75, 3.05) is 7.05 Å². The third kappa shape index (κ3) is 9.27. The first-order valence-corrected chi connectivity index (χ1v) is 4.90. The molecule has 0 saturated heterocycles. The first kappa shape index (κ1) is 14.0. The minimum atomic E-state index is -4.30. The molecule has 0 bridgehead atoms. The summed E-state index contributed by atoms with van der Waals surface area (Å²) in [6.45, 7) is 0. The maximum Gasteiger partial charge on any atom is 0.446 e. The quantitative estimate of drug-likeness (QED) is 0.570. The molecule has 0 rings (SSSR count). The molecule has 15 heavy (non-hydrogen) atoms. The summed E-state index contributed by atoms with van der Waals surface area (Å²) in [5.41, 5.74) is -4.30. The van der Waals surface area contributed by atoms with E-state index in [2.05, 4.69) is 5.32 Å². The van der Waals surface area contributed by atoms with Gasteiger partial charge in [0.2, 0.25) is 0 Å². The third-order valence-corrected chi connectivity index (χ3v) is 1.98. The number of aliphatic hydroxyl groups excluding tert-OH is 1. The van der Waals surface area contributed by atoms with Gasteiger partial charge in [-0.2, -0.15) is 13.2 Å². The lowest BCUT2D eigenvalue weighted by atomic mass is 10.3. The van der Waals surface area contributed by atoms with Crippen molar-refractivity contribution in [1.29, 1.82) is 0 Å². The highest BCUT2D eigenvalue weighted by molar-refractivity contribution is 8.04. The lowest BCUT2D eigenvalue weighted by molar-refractivity contribution is -0.0321. The van der Waals surface area contributed by atoms with Crippen LogP contribution in [0.4, 0.5) is 13.2 Å². The SMILES string of the molecule is CN/C=C/C(=C\C/C=C/O)SC(F)(F)F. The Labute approximate surface area is 90.6 Å². The molecule has 2 N–H and O–H groups in total. The number of halogens is 3. The van der Waals surface area contributed by atoms with Gasteiger partial charge in [-0.15, -0.1) is 0 Å². The number of nitrogens with one attached hydrogen (secondary N) is 1. The molecule has 0 atom stereocenters. The zero-order valence-electron chi connectivity index (χ0n) is 8.08. The third-order valence-electron chi connectivity index (χ3n) is 1.21. The van der Waals surface area contributed by atoms with Crippen molar-refractivity contribution in [2.45, 2.75) is 11.9 Å². The number of thioether (sulfide) groups is 1. The van der Waals surface area contributed by atoms with E-state index in [0.29, 0.717) is 0 Å². The van der Waals surface area contributed by atoms with E-state index in [9.17, 15) is 13.2 Å². The Balaban J connectivity index is 4.43. The van der Waals surface area contributed by atoms with Gasteiger partial charge < -0.3 is 10.4 Å². The van der Waals surface area contributed by atoms with E-state index in [1.54, 1.807) is 7.05 Å². The Kier molecular flexibility index (Phi) is 6.77. The van der Waals surface area contributed by atoms with Crippen LogP contribution in [0.5, 0.6) is 0 Å². The molecule has 0 amide bonds. The summed E-state index contributed by atoms with van der Waals surface area (Å²) in [4.78, 5) is 0.0787. The minimum absolute atomic E-state index is 0.0787. The van der Waals surface area contributed by atoms with Gasteiger partial charge in [0.05, 0.1) is 6.26 Å². The Bertz CT molecular complexity index is 259. The van der Waals surface area contributed by atoms with Gasteiger partial charge in [0, 0.05) is 12.0 Å². The molecule has 0 aromatic carbocycles. The smallest absolute Gasteiger partial charge is 0.446 e. The zero-order chi connectivity index (χ0) is 11.7. The van der Waals surface area contributed by atoms with Crippen LogP contribution in [0.2, 0.25) is 0 Å². The maximum atomic E-state index is 12.0. The van der Waals surface area contributed by atoms with Crippen molar-refractivity contribution in [3.63, 3.8) is 0 Å². The van der Waals surface area contributed by atoms with Gasteiger partial charge in [0.25, 0.3) is 0 Å². The van der Waals surface area contributed by atoms with Crippen molar-refractivity contribution >= 4 is 11.8 Å². The number of allylic oxidation sites excluding steroid dienone is 3. The van der Waals surface area contributed by atoms with Crippen molar-refractivity contribution in [2.24, 2.45) is 0 Å². The van der Waals surface area contributed by atoms with Crippen LogP contribution >= 0.6 is 11.8 Å². The lowest BCUT2D eigenvalue weighted by Crippen LogP contribution is -2.00. The first-order valence-electron chi connectivity index (χ1n) is 4.08. The molecule has 0 aliphatic heterocycles. The molecule has 0 fully saturated rings. The molecular weight excluding hydrogens is 227 g/mol. The summed E-state index contributed by atoms with van der Waals surface area (Å²) in [5.74, 6) is 0. The number of alkyl halides is 3. The molecule has 0 heterocycles. The zero-order valence-corrected chi connectivity index (χ0v) is 8.90. The van der Waals surface area contributed by atoms with Gasteiger partial charge in [-0.25, -0.2) is 0 Å². The summed E-state index contributed by atoms with van der Waals surface area (Å²) < 4.78 is 36.1. The minimum Gasteiger partial charge on any atom is -0.516 e. The van der Waals surface area contributed by atoms with Gasteiger partial charge in [0.15, 0.2) is 0 Å². The highest BCUT2D eigenvalue weighted by Crippen LogP contribution is 2.36. The van der Waals surface area contributed by atoms with Crippen LogP contribution in [0.1, 0.15) is 6.42 Å². The molecule has 0 aromatic heterocycles. The van der Waals surface area contributed by atoms with E-state index in [0.717, 1.165) is 6.26 Å². The summed E-state index contributed by atoms with van der Waals surface area (Å²) in [7, 11) is 1.60. The largest absolute Gasteiger partial charge is 0.516 e. The summed E-state index contributed by atoms with van der Waals surface area (Å²) in [5, 5.41) is 10.9. The van der Waals surface area contributed by atoms with E-state index in [4.69, 9.17) is 5.11 Å². The van der Waals surface area contributed by atoms with Crippen LogP contribution < -0.4 is 5.32 Å². The molecule has 2 nitrogen and oxygen atoms in total. The fourth-order valence-corrected chi connectivity index (χ4v) is 1.27. The molecule has 86 valence electrons. The predicted molar refractivity (Wildman–Crippen MR) is 56.3 cm³/mol. The average molecular weight is 239 g/mol. The monoisotopic (exact) mass is 239 g/mol. The Morgan fingerprint density at radius 3 is 2.60 bits per heavy atom. The molecule has 0 spiro atoms. The maximum absolute atomic E-state index is 12.0. The molecule has 0 radical (unpaired) electrons. The van der Waals surface area contributed by atoms with Crippen molar-refractivity contribution < 1.29 is 18.3 Å². The molecule has 0 aliphatic rings. The Morgan fingerprint density at radius 1 is 1.47 bits per heavy atom. The lowest BCUT2D eigenvalue weighted by Gasteiger charge is -2.05. The molecule has 0 aliphatic carbocycles. The van der Waals surface area contributed by atoms with Crippen LogP contribution in [-0.2, 0) is 0 Å². The number of hydrogen-bond donors (Lipinski definition) is 2. The summed E-state index contributed by atoms with van der Waals surface area (Å²) >= 11 is -0.189. The topological polar surface area (TPSA) is 32.3 Å². The first-order chi connectivity index (χ1) is 6.99. The Morgan fingerprint density at radius 2 is 2.13 bits per heavy atom. The Hall–Kier alpha value is -1.04. The number of rotatable bonds is 5. The van der Waals surface area contributed by atoms with Crippen LogP contribution in [0, 0.1) is 0 Å². The van der Waals surface area contributed by atoms with Crippen molar-refractivity contribution in [1.82, 2.24) is 5.32 Å². The van der Waals surface area contributed by atoms with Gasteiger partial charge in [-0.3, -0.25) is 0 Å².